The molecule has 0 aromatic heterocycles. The van der Waals surface area contributed by atoms with E-state index in [-0.39, 0.29) is 18.6 Å². The Morgan fingerprint density at radius 2 is 1.75 bits per heavy atom. The molecular formula is C16H20Br2N2O4. The van der Waals surface area contributed by atoms with Gasteiger partial charge in [-0.25, -0.2) is 4.79 Å². The van der Waals surface area contributed by atoms with Gasteiger partial charge in [0.2, 0.25) is 0 Å². The van der Waals surface area contributed by atoms with Crippen LogP contribution in [0.25, 0.3) is 0 Å². The van der Waals surface area contributed by atoms with Crippen molar-refractivity contribution in [3.05, 3.63) is 26.6 Å². The minimum atomic E-state index is -0.324. The van der Waals surface area contributed by atoms with Crippen LogP contribution in [0.5, 0.6) is 5.75 Å². The molecule has 0 bridgehead atoms. The summed E-state index contributed by atoms with van der Waals surface area (Å²) in [7, 11) is 0. The highest BCUT2D eigenvalue weighted by Gasteiger charge is 2.25. The summed E-state index contributed by atoms with van der Waals surface area (Å²) in [5.74, 6) is 0.574. The summed E-state index contributed by atoms with van der Waals surface area (Å²) in [6.45, 7) is 5.96. The largest absolute Gasteiger partial charge is 0.482 e. The van der Waals surface area contributed by atoms with Crippen molar-refractivity contribution in [2.45, 2.75) is 13.8 Å². The molecule has 1 fully saturated rings. The molecule has 0 N–H and O–H groups in total. The van der Waals surface area contributed by atoms with Crippen LogP contribution in [0.3, 0.4) is 0 Å². The van der Waals surface area contributed by atoms with E-state index in [9.17, 15) is 9.59 Å². The lowest BCUT2D eigenvalue weighted by Gasteiger charge is -2.34. The van der Waals surface area contributed by atoms with Crippen LogP contribution in [0.15, 0.2) is 21.1 Å². The molecule has 1 aromatic carbocycles. The minimum Gasteiger partial charge on any atom is -0.482 e. The van der Waals surface area contributed by atoms with Gasteiger partial charge in [0.05, 0.1) is 11.1 Å². The predicted octanol–water partition coefficient (Wildman–Crippen LogP) is 3.20. The minimum absolute atomic E-state index is 0.0273. The number of nitrogens with zero attached hydrogens (tertiary/aromatic N) is 2. The number of hydrogen-bond acceptors (Lipinski definition) is 4. The lowest BCUT2D eigenvalue weighted by atomic mass is 10.2. The van der Waals surface area contributed by atoms with E-state index >= 15 is 0 Å². The Kier molecular flexibility index (Phi) is 6.91. The zero-order chi connectivity index (χ0) is 17.7. The van der Waals surface area contributed by atoms with E-state index in [4.69, 9.17) is 9.47 Å². The number of piperazine rings is 1. The van der Waals surface area contributed by atoms with Crippen molar-refractivity contribution in [3.63, 3.8) is 0 Å². The van der Waals surface area contributed by atoms with Crippen LogP contribution in [-0.4, -0.2) is 61.2 Å². The van der Waals surface area contributed by atoms with Crippen LogP contribution in [0.4, 0.5) is 4.79 Å². The smallest absolute Gasteiger partial charge is 0.409 e. The van der Waals surface area contributed by atoms with E-state index < -0.39 is 0 Å². The molecule has 1 aromatic rings. The first kappa shape index (κ1) is 19.1. The number of amides is 2. The lowest BCUT2D eigenvalue weighted by Crippen LogP contribution is -2.51. The molecule has 0 aliphatic carbocycles. The summed E-state index contributed by atoms with van der Waals surface area (Å²) in [4.78, 5) is 27.3. The Morgan fingerprint density at radius 3 is 2.33 bits per heavy atom. The van der Waals surface area contributed by atoms with Gasteiger partial charge < -0.3 is 19.3 Å². The first-order valence-corrected chi connectivity index (χ1v) is 9.29. The van der Waals surface area contributed by atoms with E-state index in [1.165, 1.54) is 0 Å². The third kappa shape index (κ3) is 4.86. The molecule has 1 aliphatic rings. The van der Waals surface area contributed by atoms with Crippen LogP contribution < -0.4 is 4.74 Å². The van der Waals surface area contributed by atoms with E-state index in [0.717, 1.165) is 14.5 Å². The van der Waals surface area contributed by atoms with Gasteiger partial charge in [0.25, 0.3) is 5.91 Å². The van der Waals surface area contributed by atoms with Crippen LogP contribution in [-0.2, 0) is 9.53 Å². The van der Waals surface area contributed by atoms with Crippen molar-refractivity contribution < 1.29 is 19.1 Å². The number of carbonyl (C=O) groups is 2. The average Bonchev–Trinajstić information content (AvgIpc) is 2.54. The molecule has 24 heavy (non-hydrogen) atoms. The van der Waals surface area contributed by atoms with Crippen molar-refractivity contribution >= 4 is 43.9 Å². The van der Waals surface area contributed by atoms with Gasteiger partial charge in [-0.3, -0.25) is 4.79 Å². The van der Waals surface area contributed by atoms with Gasteiger partial charge in [-0.2, -0.15) is 0 Å². The van der Waals surface area contributed by atoms with Crippen LogP contribution >= 0.6 is 31.9 Å². The van der Waals surface area contributed by atoms with Crippen molar-refractivity contribution in [3.8, 4) is 5.75 Å². The molecule has 2 amide bonds. The zero-order valence-corrected chi connectivity index (χ0v) is 16.9. The maximum atomic E-state index is 12.3. The van der Waals surface area contributed by atoms with Gasteiger partial charge in [-0.05, 0) is 47.5 Å². The highest BCUT2D eigenvalue weighted by molar-refractivity contribution is 9.11. The summed E-state index contributed by atoms with van der Waals surface area (Å²) in [6.07, 6.45) is -0.324. The maximum absolute atomic E-state index is 12.3. The zero-order valence-electron chi connectivity index (χ0n) is 13.7. The summed E-state index contributed by atoms with van der Waals surface area (Å²) in [5.41, 5.74) is 0.941. The maximum Gasteiger partial charge on any atom is 0.409 e. The molecule has 1 saturated heterocycles. The first-order chi connectivity index (χ1) is 11.4. The fourth-order valence-electron chi connectivity index (χ4n) is 2.45. The van der Waals surface area contributed by atoms with E-state index in [1.807, 2.05) is 19.1 Å². The van der Waals surface area contributed by atoms with Crippen LogP contribution in [0, 0.1) is 6.92 Å². The van der Waals surface area contributed by atoms with Gasteiger partial charge in [0, 0.05) is 30.7 Å². The average molecular weight is 464 g/mol. The Bertz CT molecular complexity index is 593. The Hall–Kier alpha value is -1.28. The third-order valence-electron chi connectivity index (χ3n) is 3.69. The number of carbonyl (C=O) groups excluding carboxylic acids is 2. The Morgan fingerprint density at radius 1 is 1.12 bits per heavy atom. The molecule has 8 heteroatoms. The highest BCUT2D eigenvalue weighted by Crippen LogP contribution is 2.32. The molecule has 132 valence electrons. The summed E-state index contributed by atoms with van der Waals surface area (Å²) < 4.78 is 12.4. The number of ether oxygens (including phenoxy) is 2. The van der Waals surface area contributed by atoms with Crippen molar-refractivity contribution in [1.82, 2.24) is 9.80 Å². The second-order valence-electron chi connectivity index (χ2n) is 5.39. The fourth-order valence-corrected chi connectivity index (χ4v) is 4.00. The number of benzene rings is 1. The molecular weight excluding hydrogens is 444 g/mol. The van der Waals surface area contributed by atoms with Crippen molar-refractivity contribution in [1.29, 1.82) is 0 Å². The van der Waals surface area contributed by atoms with Crippen molar-refractivity contribution in [2.24, 2.45) is 0 Å². The standard InChI is InChI=1S/C16H20Br2N2O4/c1-3-23-16(22)20-6-4-19(5-7-20)14(21)10-24-15-11(2)8-12(17)9-13(15)18/h8-9H,3-7,10H2,1-2H3. The number of hydrogen-bond donors (Lipinski definition) is 0. The quantitative estimate of drug-likeness (QED) is 0.687. The highest BCUT2D eigenvalue weighted by atomic mass is 79.9. The summed E-state index contributed by atoms with van der Waals surface area (Å²) in [5, 5.41) is 0. The molecule has 0 atom stereocenters. The normalized spacial score (nSPS) is 14.5. The molecule has 2 rings (SSSR count). The second kappa shape index (κ2) is 8.71. The molecule has 0 spiro atoms. The SMILES string of the molecule is CCOC(=O)N1CCN(C(=O)COc2c(C)cc(Br)cc2Br)CC1. The summed E-state index contributed by atoms with van der Waals surface area (Å²) in [6, 6.07) is 3.81. The topological polar surface area (TPSA) is 59.1 Å². The number of aryl methyl sites for hydroxylation is 1. The molecule has 0 radical (unpaired) electrons. The van der Waals surface area contributed by atoms with E-state index in [0.29, 0.717) is 38.5 Å². The van der Waals surface area contributed by atoms with Gasteiger partial charge >= 0.3 is 6.09 Å². The lowest BCUT2D eigenvalue weighted by molar-refractivity contribution is -0.135. The van der Waals surface area contributed by atoms with Gasteiger partial charge in [0.15, 0.2) is 6.61 Å². The number of rotatable bonds is 4. The van der Waals surface area contributed by atoms with Crippen LogP contribution in [0.1, 0.15) is 12.5 Å². The van der Waals surface area contributed by atoms with E-state index in [1.54, 1.807) is 16.7 Å². The van der Waals surface area contributed by atoms with Crippen LogP contribution in [0.2, 0.25) is 0 Å². The van der Waals surface area contributed by atoms with Gasteiger partial charge in [0.1, 0.15) is 5.75 Å². The second-order valence-corrected chi connectivity index (χ2v) is 7.16. The molecule has 1 heterocycles. The molecule has 0 unspecified atom stereocenters. The van der Waals surface area contributed by atoms with E-state index in [2.05, 4.69) is 31.9 Å². The third-order valence-corrected chi connectivity index (χ3v) is 4.74. The first-order valence-electron chi connectivity index (χ1n) is 7.70. The molecule has 0 saturated carbocycles. The fraction of sp³-hybridized carbons (Fsp3) is 0.500. The van der Waals surface area contributed by atoms with Crippen molar-refractivity contribution in [2.75, 3.05) is 39.4 Å². The molecule has 6 nitrogen and oxygen atoms in total. The molecule has 1 aliphatic heterocycles. The Labute approximate surface area is 158 Å². The number of halogens is 2. The van der Waals surface area contributed by atoms with Gasteiger partial charge in [-0.1, -0.05) is 15.9 Å². The summed E-state index contributed by atoms with van der Waals surface area (Å²) >= 11 is 6.86. The predicted molar refractivity (Wildman–Crippen MR) is 97.2 cm³/mol. The van der Waals surface area contributed by atoms with Gasteiger partial charge in [-0.15, -0.1) is 0 Å². The monoisotopic (exact) mass is 462 g/mol. The Balaban J connectivity index is 1.85.